The Hall–Kier alpha value is -0.0900. The predicted octanol–water partition coefficient (Wildman–Crippen LogP) is 3.01. The fourth-order valence-corrected chi connectivity index (χ4v) is 1.88. The number of nitrogens with two attached hydrogens (primary N) is 1. The maximum Gasteiger partial charge on any atom is 0.0478 e. The number of hydrogen-bond donors (Lipinski definition) is 2. The lowest BCUT2D eigenvalue weighted by atomic mass is 10.3. The maximum atomic E-state index is 5.43. The average molecular weight is 269 g/mol. The highest BCUT2D eigenvalue weighted by molar-refractivity contribution is 7.99. The molecule has 0 amide bonds. The van der Waals surface area contributed by atoms with Crippen LogP contribution >= 0.6 is 36.6 Å². The monoisotopic (exact) mass is 268 g/mol. The second kappa shape index (κ2) is 10.4. The summed E-state index contributed by atoms with van der Waals surface area (Å²) in [7, 11) is 0. The van der Waals surface area contributed by atoms with Crippen LogP contribution < -0.4 is 11.1 Å². The largest absolute Gasteiger partial charge is 0.383 e. The van der Waals surface area contributed by atoms with Crippen molar-refractivity contribution in [2.45, 2.75) is 11.8 Å². The molecule has 1 aromatic carbocycles. The van der Waals surface area contributed by atoms with Gasteiger partial charge in [-0.25, -0.2) is 0 Å². The van der Waals surface area contributed by atoms with E-state index in [9.17, 15) is 0 Å². The van der Waals surface area contributed by atoms with Crippen LogP contribution in [0.25, 0.3) is 0 Å². The summed E-state index contributed by atoms with van der Waals surface area (Å²) in [5, 5.41) is 3.30. The van der Waals surface area contributed by atoms with Gasteiger partial charge in [-0.3, -0.25) is 0 Å². The third-order valence-corrected chi connectivity index (χ3v) is 2.60. The molecule has 88 valence electrons. The molecule has 1 rings (SSSR count). The van der Waals surface area contributed by atoms with Crippen molar-refractivity contribution in [2.75, 3.05) is 24.2 Å². The van der Waals surface area contributed by atoms with Gasteiger partial charge in [-0.2, -0.15) is 0 Å². The smallest absolute Gasteiger partial charge is 0.0478 e. The number of thioether (sulfide) groups is 1. The third kappa shape index (κ3) is 6.15. The number of rotatable bonds is 5. The summed E-state index contributed by atoms with van der Waals surface area (Å²) < 4.78 is 0. The molecule has 15 heavy (non-hydrogen) atoms. The van der Waals surface area contributed by atoms with E-state index in [1.807, 2.05) is 17.8 Å². The molecule has 0 heterocycles. The summed E-state index contributed by atoms with van der Waals surface area (Å²) in [6, 6.07) is 8.32. The van der Waals surface area contributed by atoms with Crippen LogP contribution in [-0.4, -0.2) is 18.8 Å². The van der Waals surface area contributed by atoms with Crippen LogP contribution in [0.15, 0.2) is 29.2 Å². The number of halogens is 2. The molecule has 0 spiro atoms. The van der Waals surface area contributed by atoms with E-state index in [-0.39, 0.29) is 24.8 Å². The Labute approximate surface area is 108 Å². The Morgan fingerprint density at radius 3 is 2.53 bits per heavy atom. The van der Waals surface area contributed by atoms with E-state index in [0.29, 0.717) is 6.54 Å². The number of benzene rings is 1. The Morgan fingerprint density at radius 1 is 1.27 bits per heavy atom. The van der Waals surface area contributed by atoms with E-state index in [2.05, 4.69) is 30.4 Å². The van der Waals surface area contributed by atoms with E-state index >= 15 is 0 Å². The van der Waals surface area contributed by atoms with Crippen LogP contribution in [0, 0.1) is 0 Å². The van der Waals surface area contributed by atoms with E-state index in [1.165, 1.54) is 10.6 Å². The van der Waals surface area contributed by atoms with Crippen molar-refractivity contribution < 1.29 is 0 Å². The third-order valence-electron chi connectivity index (χ3n) is 1.65. The molecule has 3 N–H and O–H groups in total. The first kappa shape index (κ1) is 17.3. The lowest BCUT2D eigenvalue weighted by molar-refractivity contribution is 1.02. The quantitative estimate of drug-likeness (QED) is 0.807. The van der Waals surface area contributed by atoms with Crippen LogP contribution in [0.5, 0.6) is 0 Å². The van der Waals surface area contributed by atoms with Gasteiger partial charge >= 0.3 is 0 Å². The van der Waals surface area contributed by atoms with Gasteiger partial charge in [0.2, 0.25) is 0 Å². The zero-order valence-corrected chi connectivity index (χ0v) is 11.2. The fourth-order valence-electron chi connectivity index (χ4n) is 1.10. The molecule has 0 aliphatic rings. The van der Waals surface area contributed by atoms with Gasteiger partial charge in [0, 0.05) is 23.7 Å². The van der Waals surface area contributed by atoms with Crippen molar-refractivity contribution in [3.05, 3.63) is 24.3 Å². The molecule has 1 aromatic rings. The van der Waals surface area contributed by atoms with Crippen molar-refractivity contribution in [2.24, 2.45) is 5.73 Å². The van der Waals surface area contributed by atoms with E-state index in [0.717, 1.165) is 12.3 Å². The van der Waals surface area contributed by atoms with Gasteiger partial charge in [-0.05, 0) is 17.9 Å². The summed E-state index contributed by atoms with van der Waals surface area (Å²) in [6.07, 6.45) is 0. The molecular formula is C10H18Cl2N2S. The number of nitrogens with one attached hydrogen (secondary N) is 1. The zero-order chi connectivity index (χ0) is 9.52. The lowest BCUT2D eigenvalue weighted by Gasteiger charge is -2.09. The zero-order valence-electron chi connectivity index (χ0n) is 8.73. The highest BCUT2D eigenvalue weighted by Gasteiger charge is 1.98. The normalized spacial score (nSPS) is 8.67. The minimum absolute atomic E-state index is 0. The maximum absolute atomic E-state index is 5.43. The molecule has 0 saturated heterocycles. The molecule has 0 bridgehead atoms. The van der Waals surface area contributed by atoms with Crippen LogP contribution in [0.4, 0.5) is 5.69 Å². The Bertz CT molecular complexity index is 259. The molecule has 0 aromatic heterocycles. The van der Waals surface area contributed by atoms with Gasteiger partial charge in [0.15, 0.2) is 0 Å². The van der Waals surface area contributed by atoms with E-state index in [1.54, 1.807) is 0 Å². The second-order valence-electron chi connectivity index (χ2n) is 2.64. The van der Waals surface area contributed by atoms with Crippen molar-refractivity contribution in [1.82, 2.24) is 0 Å². The first-order valence-corrected chi connectivity index (χ1v) is 5.52. The minimum Gasteiger partial charge on any atom is -0.383 e. The summed E-state index contributed by atoms with van der Waals surface area (Å²) >= 11 is 1.85. The standard InChI is InChI=1S/C10H16N2S.2ClH/c1-2-13-10-6-4-3-5-9(10)12-8-7-11;;/h3-6,12H,2,7-8,11H2,1H3;2*1H. The number of para-hydroxylation sites is 1. The van der Waals surface area contributed by atoms with Gasteiger partial charge in [0.1, 0.15) is 0 Å². The van der Waals surface area contributed by atoms with Gasteiger partial charge in [-0.1, -0.05) is 19.1 Å². The highest BCUT2D eigenvalue weighted by Crippen LogP contribution is 2.26. The fraction of sp³-hybridized carbons (Fsp3) is 0.400. The first-order valence-electron chi connectivity index (χ1n) is 4.54. The van der Waals surface area contributed by atoms with Gasteiger partial charge in [-0.15, -0.1) is 36.6 Å². The minimum atomic E-state index is 0. The van der Waals surface area contributed by atoms with Crippen LogP contribution in [-0.2, 0) is 0 Å². The summed E-state index contributed by atoms with van der Waals surface area (Å²) in [4.78, 5) is 1.30. The number of hydrogen-bond acceptors (Lipinski definition) is 3. The highest BCUT2D eigenvalue weighted by atomic mass is 35.5. The van der Waals surface area contributed by atoms with E-state index in [4.69, 9.17) is 5.73 Å². The molecule has 0 saturated carbocycles. The molecule has 5 heteroatoms. The second-order valence-corrected chi connectivity index (χ2v) is 3.95. The van der Waals surface area contributed by atoms with Crippen molar-refractivity contribution in [3.63, 3.8) is 0 Å². The molecule has 0 aliphatic carbocycles. The van der Waals surface area contributed by atoms with Crippen LogP contribution in [0.3, 0.4) is 0 Å². The van der Waals surface area contributed by atoms with Crippen LogP contribution in [0.1, 0.15) is 6.92 Å². The molecular weight excluding hydrogens is 251 g/mol. The SMILES string of the molecule is CCSc1ccccc1NCCN.Cl.Cl. The topological polar surface area (TPSA) is 38.0 Å². The molecule has 0 atom stereocenters. The van der Waals surface area contributed by atoms with Crippen molar-refractivity contribution in [1.29, 1.82) is 0 Å². The summed E-state index contributed by atoms with van der Waals surface area (Å²) in [6.45, 7) is 3.66. The molecule has 0 aliphatic heterocycles. The summed E-state index contributed by atoms with van der Waals surface area (Å²) in [5.41, 5.74) is 6.63. The van der Waals surface area contributed by atoms with Gasteiger partial charge < -0.3 is 11.1 Å². The first-order chi connectivity index (χ1) is 6.38. The average Bonchev–Trinajstić information content (AvgIpc) is 2.17. The van der Waals surface area contributed by atoms with Crippen LogP contribution in [0.2, 0.25) is 0 Å². The Morgan fingerprint density at radius 2 is 1.93 bits per heavy atom. The van der Waals surface area contributed by atoms with Crippen molar-refractivity contribution in [3.8, 4) is 0 Å². The van der Waals surface area contributed by atoms with Crippen molar-refractivity contribution >= 4 is 42.3 Å². The van der Waals surface area contributed by atoms with E-state index < -0.39 is 0 Å². The molecule has 0 unspecified atom stereocenters. The van der Waals surface area contributed by atoms with Gasteiger partial charge in [0.25, 0.3) is 0 Å². The Balaban J connectivity index is 0. The lowest BCUT2D eigenvalue weighted by Crippen LogP contribution is -2.13. The predicted molar refractivity (Wildman–Crippen MR) is 74.9 cm³/mol. The van der Waals surface area contributed by atoms with Gasteiger partial charge in [0.05, 0.1) is 0 Å². The molecule has 0 radical (unpaired) electrons. The number of anilines is 1. The Kier molecular flexibility index (Phi) is 12.0. The molecule has 0 fully saturated rings. The molecule has 2 nitrogen and oxygen atoms in total. The summed E-state index contributed by atoms with van der Waals surface area (Å²) in [5.74, 6) is 1.10.